The minimum Gasteiger partial charge on any atom is -0.481 e. The molecule has 4 rings (SSSR count). The fourth-order valence-corrected chi connectivity index (χ4v) is 3.52. The second-order valence-electron chi connectivity index (χ2n) is 6.18. The minimum absolute atomic E-state index is 0.330. The summed E-state index contributed by atoms with van der Waals surface area (Å²) in [7, 11) is 0. The molecule has 0 fully saturated rings. The summed E-state index contributed by atoms with van der Waals surface area (Å²) < 4.78 is 28.6. The van der Waals surface area contributed by atoms with E-state index in [9.17, 15) is 18.7 Å². The lowest BCUT2D eigenvalue weighted by Crippen LogP contribution is -2.07. The monoisotopic (exact) mass is 339 g/mol. The van der Waals surface area contributed by atoms with E-state index in [1.54, 1.807) is 24.3 Å². The summed E-state index contributed by atoms with van der Waals surface area (Å²) >= 11 is 0. The average Bonchev–Trinajstić information content (AvgIpc) is 3.15. The Bertz CT molecular complexity index is 943. The summed E-state index contributed by atoms with van der Waals surface area (Å²) in [4.78, 5) is 11.5. The Hall–Kier alpha value is -2.95. The topological polar surface area (TPSA) is 42.2 Å². The largest absolute Gasteiger partial charge is 0.481 e. The van der Waals surface area contributed by atoms with Crippen molar-refractivity contribution in [2.75, 3.05) is 0 Å². The fraction of sp³-hybridized carbons (Fsp3) is 0.150. The van der Waals surface area contributed by atoms with Crippen molar-refractivity contribution >= 4 is 5.97 Å². The van der Waals surface area contributed by atoms with Crippen molar-refractivity contribution in [3.63, 3.8) is 0 Å². The van der Waals surface area contributed by atoms with Crippen molar-refractivity contribution in [1.29, 1.82) is 0 Å². The van der Waals surface area contributed by atoms with E-state index in [0.717, 1.165) is 28.1 Å². The van der Waals surface area contributed by atoms with E-state index in [4.69, 9.17) is 0 Å². The van der Waals surface area contributed by atoms with Crippen LogP contribution in [-0.2, 0) is 11.3 Å². The molecule has 25 heavy (non-hydrogen) atoms. The molecule has 0 saturated carbocycles. The molecule has 1 atom stereocenters. The first-order chi connectivity index (χ1) is 12.0. The molecule has 2 heterocycles. The first kappa shape index (κ1) is 15.6. The number of carboxylic acids is 1. The van der Waals surface area contributed by atoms with Crippen LogP contribution < -0.4 is 0 Å². The number of hydrogen-bond acceptors (Lipinski definition) is 1. The molecule has 0 amide bonds. The van der Waals surface area contributed by atoms with Gasteiger partial charge in [-0.05, 0) is 60.0 Å². The van der Waals surface area contributed by atoms with E-state index >= 15 is 0 Å². The van der Waals surface area contributed by atoms with Crippen molar-refractivity contribution in [3.05, 3.63) is 71.9 Å². The number of carbonyl (C=O) groups is 1. The Morgan fingerprint density at radius 3 is 2.08 bits per heavy atom. The number of rotatable bonds is 3. The Balaban J connectivity index is 1.94. The molecule has 5 heteroatoms. The van der Waals surface area contributed by atoms with Crippen LogP contribution in [0.3, 0.4) is 0 Å². The summed E-state index contributed by atoms with van der Waals surface area (Å²) in [6, 6.07) is 14.1. The number of aromatic nitrogens is 1. The third kappa shape index (κ3) is 2.61. The number of fused-ring (bicyclic) bond motifs is 1. The zero-order valence-corrected chi connectivity index (χ0v) is 13.2. The summed E-state index contributed by atoms with van der Waals surface area (Å²) in [6.45, 7) is 0.584. The molecule has 2 aromatic carbocycles. The SMILES string of the molecule is O=C(O)C1CCn2c1cc(-c1ccc(F)cc1)c2-c1ccc(F)cc1. The summed E-state index contributed by atoms with van der Waals surface area (Å²) in [5, 5.41) is 9.46. The molecule has 1 aliphatic heterocycles. The van der Waals surface area contributed by atoms with Gasteiger partial charge in [0.05, 0.1) is 11.6 Å². The molecule has 0 aliphatic carbocycles. The second-order valence-corrected chi connectivity index (χ2v) is 6.18. The lowest BCUT2D eigenvalue weighted by molar-refractivity contribution is -0.138. The standard InChI is InChI=1S/C20H15F2NO2/c21-14-5-1-12(2-6-14)17-11-18-16(20(24)25)9-10-23(18)19(17)13-3-7-15(22)8-4-13/h1-8,11,16H,9-10H2,(H,24,25). The normalized spacial score (nSPS) is 16.0. The highest BCUT2D eigenvalue weighted by atomic mass is 19.1. The molecule has 0 radical (unpaired) electrons. The van der Waals surface area contributed by atoms with Gasteiger partial charge in [0, 0.05) is 17.8 Å². The first-order valence-electron chi connectivity index (χ1n) is 8.02. The van der Waals surface area contributed by atoms with Crippen LogP contribution in [0.15, 0.2) is 54.6 Å². The van der Waals surface area contributed by atoms with Gasteiger partial charge in [0.25, 0.3) is 0 Å². The first-order valence-corrected chi connectivity index (χ1v) is 8.02. The Kier molecular flexibility index (Phi) is 3.64. The van der Waals surface area contributed by atoms with E-state index in [-0.39, 0.29) is 11.6 Å². The van der Waals surface area contributed by atoms with Gasteiger partial charge >= 0.3 is 5.97 Å². The van der Waals surface area contributed by atoms with Crippen molar-refractivity contribution in [3.8, 4) is 22.4 Å². The zero-order chi connectivity index (χ0) is 17.6. The Morgan fingerprint density at radius 2 is 1.52 bits per heavy atom. The van der Waals surface area contributed by atoms with Crippen molar-refractivity contribution < 1.29 is 18.7 Å². The smallest absolute Gasteiger partial charge is 0.312 e. The maximum absolute atomic E-state index is 13.3. The van der Waals surface area contributed by atoms with E-state index in [1.165, 1.54) is 24.3 Å². The van der Waals surface area contributed by atoms with Gasteiger partial charge in [-0.15, -0.1) is 0 Å². The number of nitrogens with zero attached hydrogens (tertiary/aromatic N) is 1. The molecule has 1 unspecified atom stereocenters. The van der Waals surface area contributed by atoms with Crippen LogP contribution in [0.4, 0.5) is 8.78 Å². The van der Waals surface area contributed by atoms with Crippen molar-refractivity contribution in [1.82, 2.24) is 4.57 Å². The molecule has 0 spiro atoms. The molecule has 1 aliphatic rings. The van der Waals surface area contributed by atoms with Crippen LogP contribution in [0.1, 0.15) is 18.0 Å². The van der Waals surface area contributed by atoms with Gasteiger partial charge in [0.15, 0.2) is 0 Å². The van der Waals surface area contributed by atoms with Gasteiger partial charge in [0.2, 0.25) is 0 Å². The third-order valence-electron chi connectivity index (χ3n) is 4.70. The maximum Gasteiger partial charge on any atom is 0.312 e. The molecular formula is C20H15F2NO2. The minimum atomic E-state index is -0.854. The fourth-order valence-electron chi connectivity index (χ4n) is 3.52. The molecule has 0 saturated heterocycles. The number of carboxylic acid groups (broad SMARTS) is 1. The zero-order valence-electron chi connectivity index (χ0n) is 13.2. The maximum atomic E-state index is 13.3. The van der Waals surface area contributed by atoms with E-state index < -0.39 is 11.9 Å². The van der Waals surface area contributed by atoms with Crippen LogP contribution >= 0.6 is 0 Å². The molecule has 1 aromatic heterocycles. The lowest BCUT2D eigenvalue weighted by Gasteiger charge is -2.10. The van der Waals surface area contributed by atoms with Gasteiger partial charge in [-0.25, -0.2) is 8.78 Å². The molecule has 3 nitrogen and oxygen atoms in total. The second kappa shape index (κ2) is 5.84. The molecule has 0 bridgehead atoms. The quantitative estimate of drug-likeness (QED) is 0.753. The van der Waals surface area contributed by atoms with E-state index in [1.807, 2.05) is 10.6 Å². The van der Waals surface area contributed by atoms with Crippen LogP contribution in [0.5, 0.6) is 0 Å². The average molecular weight is 339 g/mol. The third-order valence-corrected chi connectivity index (χ3v) is 4.70. The van der Waals surface area contributed by atoms with Gasteiger partial charge in [-0.1, -0.05) is 12.1 Å². The summed E-state index contributed by atoms with van der Waals surface area (Å²) in [5.41, 5.74) is 3.99. The molecular weight excluding hydrogens is 324 g/mol. The number of halogens is 2. The van der Waals surface area contributed by atoms with Crippen molar-refractivity contribution in [2.45, 2.75) is 18.9 Å². The van der Waals surface area contributed by atoms with E-state index in [0.29, 0.717) is 13.0 Å². The van der Waals surface area contributed by atoms with Crippen LogP contribution in [0.2, 0.25) is 0 Å². The highest BCUT2D eigenvalue weighted by Gasteiger charge is 2.32. The highest BCUT2D eigenvalue weighted by molar-refractivity contribution is 5.86. The van der Waals surface area contributed by atoms with Gasteiger partial charge < -0.3 is 9.67 Å². The van der Waals surface area contributed by atoms with Gasteiger partial charge in [-0.3, -0.25) is 4.79 Å². The Morgan fingerprint density at radius 1 is 0.960 bits per heavy atom. The Labute approximate surface area is 143 Å². The predicted molar refractivity (Wildman–Crippen MR) is 90.2 cm³/mol. The number of benzene rings is 2. The summed E-state index contributed by atoms with van der Waals surface area (Å²) in [6.07, 6.45) is 0.530. The van der Waals surface area contributed by atoms with E-state index in [2.05, 4.69) is 0 Å². The highest BCUT2D eigenvalue weighted by Crippen LogP contribution is 2.42. The predicted octanol–water partition coefficient (Wildman–Crippen LogP) is 4.67. The van der Waals surface area contributed by atoms with Crippen LogP contribution in [-0.4, -0.2) is 15.6 Å². The number of hydrogen-bond donors (Lipinski definition) is 1. The van der Waals surface area contributed by atoms with Gasteiger partial charge in [-0.2, -0.15) is 0 Å². The van der Waals surface area contributed by atoms with Crippen LogP contribution in [0, 0.1) is 11.6 Å². The van der Waals surface area contributed by atoms with Gasteiger partial charge in [0.1, 0.15) is 11.6 Å². The number of aliphatic carboxylic acids is 1. The lowest BCUT2D eigenvalue weighted by atomic mass is 9.98. The molecule has 126 valence electrons. The molecule has 3 aromatic rings. The molecule has 1 N–H and O–H groups in total. The van der Waals surface area contributed by atoms with Crippen LogP contribution in [0.25, 0.3) is 22.4 Å². The van der Waals surface area contributed by atoms with Crippen molar-refractivity contribution in [2.24, 2.45) is 0 Å². The summed E-state index contributed by atoms with van der Waals surface area (Å²) in [5.74, 6) is -2.08.